The number of rotatable bonds is 9. The van der Waals surface area contributed by atoms with Crippen molar-refractivity contribution < 1.29 is 23.0 Å². The minimum absolute atomic E-state index is 0.00983. The van der Waals surface area contributed by atoms with Gasteiger partial charge in [-0.1, -0.05) is 29.2 Å². The quantitative estimate of drug-likeness (QED) is 0.365. The number of benzene rings is 2. The van der Waals surface area contributed by atoms with Gasteiger partial charge in [0, 0.05) is 5.56 Å². The van der Waals surface area contributed by atoms with Crippen LogP contribution in [0.25, 0.3) is 0 Å². The summed E-state index contributed by atoms with van der Waals surface area (Å²) in [7, 11) is 1.59. The average Bonchev–Trinajstić information content (AvgIpc) is 3.14. The van der Waals surface area contributed by atoms with Gasteiger partial charge in [-0.2, -0.15) is 8.78 Å². The van der Waals surface area contributed by atoms with Crippen LogP contribution in [-0.2, 0) is 0 Å². The Kier molecular flexibility index (Phi) is 6.99. The van der Waals surface area contributed by atoms with Gasteiger partial charge in [0.1, 0.15) is 11.5 Å². The van der Waals surface area contributed by atoms with Crippen molar-refractivity contribution >= 4 is 39.7 Å². The molecular formula is C19H17F2N3O3S2. The van der Waals surface area contributed by atoms with Gasteiger partial charge in [-0.15, -0.1) is 10.2 Å². The number of nitrogens with zero attached hydrogens (tertiary/aromatic N) is 2. The first kappa shape index (κ1) is 21.0. The van der Waals surface area contributed by atoms with E-state index in [1.165, 1.54) is 47.4 Å². The number of carbonyl (C=O) groups excluding carboxylic acids is 1. The number of thioether (sulfide) groups is 1. The van der Waals surface area contributed by atoms with E-state index in [0.29, 0.717) is 20.8 Å². The number of methoxy groups -OCH3 is 1. The number of alkyl halides is 2. The lowest BCUT2D eigenvalue weighted by molar-refractivity contribution is -0.0498. The molecule has 2 aromatic carbocycles. The Balaban J connectivity index is 1.58. The first-order valence-electron chi connectivity index (χ1n) is 8.40. The smallest absolute Gasteiger partial charge is 0.387 e. The van der Waals surface area contributed by atoms with Crippen LogP contribution in [0.15, 0.2) is 46.8 Å². The Bertz CT molecular complexity index is 981. The van der Waals surface area contributed by atoms with E-state index in [2.05, 4.69) is 20.3 Å². The summed E-state index contributed by atoms with van der Waals surface area (Å²) in [5.41, 5.74) is 2.26. The maximum Gasteiger partial charge on any atom is 0.387 e. The fraction of sp³-hybridized carbons (Fsp3) is 0.211. The second kappa shape index (κ2) is 9.66. The highest BCUT2D eigenvalue weighted by atomic mass is 32.2. The van der Waals surface area contributed by atoms with Crippen molar-refractivity contribution in [1.29, 1.82) is 0 Å². The number of nitrogens with one attached hydrogen (secondary N) is 1. The lowest BCUT2D eigenvalue weighted by Crippen LogP contribution is -2.04. The van der Waals surface area contributed by atoms with Crippen LogP contribution in [0, 0.1) is 6.92 Å². The van der Waals surface area contributed by atoms with Crippen LogP contribution >= 0.6 is 23.1 Å². The molecule has 0 saturated heterocycles. The van der Waals surface area contributed by atoms with Crippen LogP contribution < -0.4 is 14.8 Å². The van der Waals surface area contributed by atoms with Crippen molar-refractivity contribution in [3.8, 4) is 11.5 Å². The molecule has 0 aliphatic carbocycles. The number of hydrogen-bond donors (Lipinski definition) is 1. The highest BCUT2D eigenvalue weighted by Gasteiger charge is 2.12. The van der Waals surface area contributed by atoms with Gasteiger partial charge in [-0.3, -0.25) is 4.79 Å². The number of aryl methyl sites for hydroxylation is 1. The molecule has 29 heavy (non-hydrogen) atoms. The largest absolute Gasteiger partial charge is 0.495 e. The van der Waals surface area contributed by atoms with Crippen LogP contribution in [-0.4, -0.2) is 35.5 Å². The molecular weight excluding hydrogens is 420 g/mol. The van der Waals surface area contributed by atoms with Crippen molar-refractivity contribution in [3.63, 3.8) is 0 Å². The third kappa shape index (κ3) is 5.88. The second-order valence-corrected chi connectivity index (χ2v) is 8.02. The predicted octanol–water partition coefficient (Wildman–Crippen LogP) is 5.18. The van der Waals surface area contributed by atoms with Gasteiger partial charge in [0.2, 0.25) is 5.13 Å². The lowest BCUT2D eigenvalue weighted by Gasteiger charge is -2.09. The Morgan fingerprint density at radius 2 is 1.97 bits per heavy atom. The summed E-state index contributed by atoms with van der Waals surface area (Å²) < 4.78 is 34.6. The zero-order chi connectivity index (χ0) is 20.8. The molecule has 0 aliphatic heterocycles. The summed E-state index contributed by atoms with van der Waals surface area (Å²) in [6, 6.07) is 11.3. The summed E-state index contributed by atoms with van der Waals surface area (Å²) in [5, 5.41) is 11.9. The third-order valence-corrected chi connectivity index (χ3v) is 5.70. The molecule has 0 radical (unpaired) electrons. The Hall–Kier alpha value is -2.72. The van der Waals surface area contributed by atoms with E-state index < -0.39 is 6.61 Å². The molecule has 0 aliphatic rings. The second-order valence-electron chi connectivity index (χ2n) is 5.82. The molecule has 1 N–H and O–H groups in total. The van der Waals surface area contributed by atoms with Crippen LogP contribution in [0.3, 0.4) is 0 Å². The van der Waals surface area contributed by atoms with Crippen LogP contribution in [0.4, 0.5) is 19.6 Å². The lowest BCUT2D eigenvalue weighted by atomic mass is 10.1. The van der Waals surface area contributed by atoms with Crippen molar-refractivity contribution in [2.45, 2.75) is 17.9 Å². The molecule has 1 heterocycles. The van der Waals surface area contributed by atoms with Crippen molar-refractivity contribution in [2.24, 2.45) is 0 Å². The van der Waals surface area contributed by atoms with Gasteiger partial charge in [-0.25, -0.2) is 0 Å². The van der Waals surface area contributed by atoms with E-state index in [-0.39, 0.29) is 17.3 Å². The Labute approximate surface area is 174 Å². The summed E-state index contributed by atoms with van der Waals surface area (Å²) in [6.07, 6.45) is 0. The van der Waals surface area contributed by atoms with E-state index in [1.54, 1.807) is 7.11 Å². The van der Waals surface area contributed by atoms with Crippen LogP contribution in [0.5, 0.6) is 11.5 Å². The number of Topliss-reactive ketones (excluding diaryl/α,β-unsaturated/α-hetero) is 1. The normalized spacial score (nSPS) is 10.8. The minimum atomic E-state index is -2.90. The molecule has 0 fully saturated rings. The van der Waals surface area contributed by atoms with Gasteiger partial charge in [0.25, 0.3) is 0 Å². The number of halogens is 2. The fourth-order valence-corrected chi connectivity index (χ4v) is 4.04. The fourth-order valence-electron chi connectivity index (χ4n) is 2.39. The number of aromatic nitrogens is 2. The summed E-state index contributed by atoms with van der Waals surface area (Å²) in [5.74, 6) is 0.700. The highest BCUT2D eigenvalue weighted by molar-refractivity contribution is 8.01. The predicted molar refractivity (Wildman–Crippen MR) is 109 cm³/mol. The molecule has 0 atom stereocenters. The number of carbonyl (C=O) groups is 1. The topological polar surface area (TPSA) is 73.3 Å². The van der Waals surface area contributed by atoms with E-state index in [0.717, 1.165) is 11.3 Å². The van der Waals surface area contributed by atoms with E-state index in [9.17, 15) is 13.6 Å². The first-order chi connectivity index (χ1) is 13.9. The molecule has 0 unspecified atom stereocenters. The van der Waals surface area contributed by atoms with Crippen LogP contribution in [0.2, 0.25) is 0 Å². The van der Waals surface area contributed by atoms with Crippen molar-refractivity contribution in [1.82, 2.24) is 10.2 Å². The number of anilines is 2. The SMILES string of the molecule is COc1ccc(C)cc1Nc1nnc(SCC(=O)c2ccc(OC(F)F)cc2)s1. The molecule has 0 spiro atoms. The molecule has 1 aromatic heterocycles. The zero-order valence-electron chi connectivity index (χ0n) is 15.5. The van der Waals surface area contributed by atoms with E-state index in [1.807, 2.05) is 25.1 Å². The number of ether oxygens (including phenoxy) is 2. The molecule has 0 saturated carbocycles. The molecule has 3 aromatic rings. The van der Waals surface area contributed by atoms with Crippen LogP contribution in [0.1, 0.15) is 15.9 Å². The molecule has 0 amide bonds. The maximum atomic E-state index is 12.3. The molecule has 152 valence electrons. The maximum absolute atomic E-state index is 12.3. The Morgan fingerprint density at radius 1 is 1.21 bits per heavy atom. The van der Waals surface area contributed by atoms with Gasteiger partial charge < -0.3 is 14.8 Å². The average molecular weight is 437 g/mol. The van der Waals surface area contributed by atoms with Gasteiger partial charge in [-0.05, 0) is 48.9 Å². The van der Waals surface area contributed by atoms with Gasteiger partial charge >= 0.3 is 6.61 Å². The van der Waals surface area contributed by atoms with E-state index in [4.69, 9.17) is 4.74 Å². The van der Waals surface area contributed by atoms with Gasteiger partial charge in [0.05, 0.1) is 18.6 Å². The first-order valence-corrected chi connectivity index (χ1v) is 10.2. The monoisotopic (exact) mass is 437 g/mol. The summed E-state index contributed by atoms with van der Waals surface area (Å²) in [6.45, 7) is -0.920. The minimum Gasteiger partial charge on any atom is -0.495 e. The Morgan fingerprint density at radius 3 is 2.66 bits per heavy atom. The highest BCUT2D eigenvalue weighted by Crippen LogP contribution is 2.32. The van der Waals surface area contributed by atoms with Crippen molar-refractivity contribution in [3.05, 3.63) is 53.6 Å². The molecule has 0 bridgehead atoms. The summed E-state index contributed by atoms with van der Waals surface area (Å²) >= 11 is 2.57. The van der Waals surface area contributed by atoms with Crippen molar-refractivity contribution in [2.75, 3.05) is 18.2 Å². The van der Waals surface area contributed by atoms with Gasteiger partial charge in [0.15, 0.2) is 10.1 Å². The summed E-state index contributed by atoms with van der Waals surface area (Å²) in [4.78, 5) is 12.3. The standard InChI is InChI=1S/C19H17F2N3O3S2/c1-11-3-8-16(26-2)14(9-11)22-18-23-24-19(29-18)28-10-15(25)12-4-6-13(7-5-12)27-17(20)21/h3-9,17H,10H2,1-2H3,(H,22,23). The molecule has 6 nitrogen and oxygen atoms in total. The van der Waals surface area contributed by atoms with E-state index >= 15 is 0 Å². The number of hydrogen-bond acceptors (Lipinski definition) is 8. The molecule has 3 rings (SSSR count). The third-order valence-electron chi connectivity index (χ3n) is 3.73. The zero-order valence-corrected chi connectivity index (χ0v) is 17.2. The molecule has 10 heteroatoms. The number of ketones is 1.